The van der Waals surface area contributed by atoms with Gasteiger partial charge in [0.15, 0.2) is 0 Å². The second-order valence-electron chi connectivity index (χ2n) is 1.84. The molecule has 48 valence electrons. The van der Waals surface area contributed by atoms with Crippen LogP contribution in [0.2, 0.25) is 0 Å². The molecule has 0 aromatic carbocycles. The number of hydrogen-bond donors (Lipinski definition) is 0. The predicted molar refractivity (Wildman–Crippen MR) is 30.1 cm³/mol. The quantitative estimate of drug-likeness (QED) is 0.491. The first-order valence-electron chi connectivity index (χ1n) is 2.55. The third-order valence-corrected chi connectivity index (χ3v) is 0.712. The zero-order valence-corrected chi connectivity index (χ0v) is 5.12. The van der Waals surface area contributed by atoms with E-state index in [1.807, 2.05) is 0 Å². The van der Waals surface area contributed by atoms with Gasteiger partial charge in [0.05, 0.1) is 0 Å². The highest BCUT2D eigenvalue weighted by atomic mass is 19.3. The zero-order valence-electron chi connectivity index (χ0n) is 5.12. The molecule has 0 aliphatic rings. The summed E-state index contributed by atoms with van der Waals surface area (Å²) in [7, 11) is 0. The largest absolute Gasteiger partial charge is 0.248 e. The SMILES string of the molecule is C/C=C\CC(C)(F)F. The fraction of sp³-hybridized carbons (Fsp3) is 0.667. The Morgan fingerprint density at radius 1 is 1.50 bits per heavy atom. The first-order valence-corrected chi connectivity index (χ1v) is 2.55. The average molecular weight is 120 g/mol. The first-order chi connectivity index (χ1) is 3.56. The summed E-state index contributed by atoms with van der Waals surface area (Å²) in [6, 6.07) is 0. The summed E-state index contributed by atoms with van der Waals surface area (Å²) in [6.45, 7) is 2.64. The van der Waals surface area contributed by atoms with Crippen LogP contribution in [0.4, 0.5) is 8.78 Å². The Bertz CT molecular complexity index is 79.0. The van der Waals surface area contributed by atoms with Crippen molar-refractivity contribution in [2.24, 2.45) is 0 Å². The van der Waals surface area contributed by atoms with Crippen LogP contribution in [0, 0.1) is 0 Å². The lowest BCUT2D eigenvalue weighted by Gasteiger charge is -2.03. The standard InChI is InChI=1S/C6H10F2/c1-3-4-5-6(2,7)8/h3-4H,5H2,1-2H3/b4-3-. The Morgan fingerprint density at radius 3 is 2.12 bits per heavy atom. The molecule has 0 amide bonds. The Labute approximate surface area is 48.2 Å². The zero-order chi connectivity index (χ0) is 6.62. The minimum Gasteiger partial charge on any atom is -0.207 e. The molecule has 0 saturated heterocycles. The molecule has 0 aliphatic carbocycles. The van der Waals surface area contributed by atoms with Crippen molar-refractivity contribution in [3.8, 4) is 0 Å². The number of rotatable bonds is 2. The number of hydrogen-bond acceptors (Lipinski definition) is 0. The maximum Gasteiger partial charge on any atom is 0.248 e. The molecule has 0 aromatic heterocycles. The first kappa shape index (κ1) is 7.60. The fourth-order valence-corrected chi connectivity index (χ4v) is 0.325. The molecule has 0 atom stereocenters. The summed E-state index contributed by atoms with van der Waals surface area (Å²) in [5, 5.41) is 0. The molecule has 0 spiro atoms. The summed E-state index contributed by atoms with van der Waals surface area (Å²) < 4.78 is 23.7. The van der Waals surface area contributed by atoms with Crippen molar-refractivity contribution in [2.45, 2.75) is 26.2 Å². The van der Waals surface area contributed by atoms with E-state index in [1.165, 1.54) is 6.08 Å². The monoisotopic (exact) mass is 120 g/mol. The summed E-state index contributed by atoms with van der Waals surface area (Å²) in [5.41, 5.74) is 0. The molecule has 8 heavy (non-hydrogen) atoms. The molecule has 0 bridgehead atoms. The number of halogens is 2. The van der Waals surface area contributed by atoms with Crippen molar-refractivity contribution in [1.82, 2.24) is 0 Å². The topological polar surface area (TPSA) is 0 Å². The van der Waals surface area contributed by atoms with Crippen LogP contribution in [0.5, 0.6) is 0 Å². The van der Waals surface area contributed by atoms with Crippen molar-refractivity contribution in [2.75, 3.05) is 0 Å². The van der Waals surface area contributed by atoms with Crippen molar-refractivity contribution in [3.05, 3.63) is 12.2 Å². The molecule has 0 fully saturated rings. The molecule has 0 radical (unpaired) electrons. The Kier molecular flexibility index (Phi) is 2.66. The molecule has 0 aliphatic heterocycles. The second-order valence-corrected chi connectivity index (χ2v) is 1.84. The van der Waals surface area contributed by atoms with Gasteiger partial charge in [0.25, 0.3) is 0 Å². The van der Waals surface area contributed by atoms with Gasteiger partial charge < -0.3 is 0 Å². The van der Waals surface area contributed by atoms with Gasteiger partial charge in [0.2, 0.25) is 5.92 Å². The summed E-state index contributed by atoms with van der Waals surface area (Å²) in [6.07, 6.45) is 2.93. The van der Waals surface area contributed by atoms with Gasteiger partial charge in [0, 0.05) is 6.42 Å². The van der Waals surface area contributed by atoms with Crippen molar-refractivity contribution in [3.63, 3.8) is 0 Å². The van der Waals surface area contributed by atoms with Crippen molar-refractivity contribution < 1.29 is 8.78 Å². The minimum absolute atomic E-state index is 0.149. The van der Waals surface area contributed by atoms with E-state index < -0.39 is 5.92 Å². The molecule has 0 nitrogen and oxygen atoms in total. The van der Waals surface area contributed by atoms with Gasteiger partial charge in [-0.2, -0.15) is 0 Å². The maximum absolute atomic E-state index is 11.9. The van der Waals surface area contributed by atoms with Crippen LogP contribution in [0.3, 0.4) is 0 Å². The highest BCUT2D eigenvalue weighted by Crippen LogP contribution is 2.16. The van der Waals surface area contributed by atoms with Crippen molar-refractivity contribution >= 4 is 0 Å². The van der Waals surface area contributed by atoms with E-state index in [0.717, 1.165) is 6.92 Å². The van der Waals surface area contributed by atoms with Gasteiger partial charge in [-0.25, -0.2) is 8.78 Å². The summed E-state index contributed by atoms with van der Waals surface area (Å²) in [5.74, 6) is -2.54. The van der Waals surface area contributed by atoms with Crippen LogP contribution in [0.15, 0.2) is 12.2 Å². The normalized spacial score (nSPS) is 13.0. The van der Waals surface area contributed by atoms with Gasteiger partial charge in [-0.15, -0.1) is 0 Å². The van der Waals surface area contributed by atoms with Gasteiger partial charge >= 0.3 is 0 Å². The van der Waals surface area contributed by atoms with Crippen LogP contribution in [-0.2, 0) is 0 Å². The molecule has 0 rings (SSSR count). The van der Waals surface area contributed by atoms with E-state index >= 15 is 0 Å². The summed E-state index contributed by atoms with van der Waals surface area (Å²) >= 11 is 0. The third kappa shape index (κ3) is 5.60. The van der Waals surface area contributed by atoms with E-state index in [9.17, 15) is 8.78 Å². The van der Waals surface area contributed by atoms with Crippen LogP contribution in [0.1, 0.15) is 20.3 Å². The third-order valence-electron chi connectivity index (χ3n) is 0.712. The molecule has 0 heterocycles. The van der Waals surface area contributed by atoms with Gasteiger partial charge in [-0.1, -0.05) is 12.2 Å². The van der Waals surface area contributed by atoms with E-state index in [-0.39, 0.29) is 6.42 Å². The predicted octanol–water partition coefficient (Wildman–Crippen LogP) is 2.61. The molecule has 2 heteroatoms. The molecule has 0 unspecified atom stereocenters. The van der Waals surface area contributed by atoms with Gasteiger partial charge in [0.1, 0.15) is 0 Å². The Morgan fingerprint density at radius 2 is 2.00 bits per heavy atom. The van der Waals surface area contributed by atoms with Crippen LogP contribution >= 0.6 is 0 Å². The Hall–Kier alpha value is -0.400. The molecule has 0 saturated carbocycles. The molecular formula is C6H10F2. The van der Waals surface area contributed by atoms with E-state index in [2.05, 4.69) is 0 Å². The molecule has 0 aromatic rings. The lowest BCUT2D eigenvalue weighted by Crippen LogP contribution is -2.06. The van der Waals surface area contributed by atoms with Crippen LogP contribution in [-0.4, -0.2) is 5.92 Å². The Balaban J connectivity index is 3.39. The highest BCUT2D eigenvalue weighted by molar-refractivity contribution is 4.81. The molecule has 0 N–H and O–H groups in total. The summed E-state index contributed by atoms with van der Waals surface area (Å²) in [4.78, 5) is 0. The van der Waals surface area contributed by atoms with Gasteiger partial charge in [-0.3, -0.25) is 0 Å². The number of alkyl halides is 2. The van der Waals surface area contributed by atoms with Crippen LogP contribution < -0.4 is 0 Å². The smallest absolute Gasteiger partial charge is 0.207 e. The highest BCUT2D eigenvalue weighted by Gasteiger charge is 2.17. The molecular weight excluding hydrogens is 110 g/mol. The van der Waals surface area contributed by atoms with E-state index in [4.69, 9.17) is 0 Å². The van der Waals surface area contributed by atoms with Crippen molar-refractivity contribution in [1.29, 1.82) is 0 Å². The van der Waals surface area contributed by atoms with E-state index in [1.54, 1.807) is 13.0 Å². The average Bonchev–Trinajstić information content (AvgIpc) is 1.59. The lowest BCUT2D eigenvalue weighted by molar-refractivity contribution is 0.0255. The minimum atomic E-state index is -2.54. The van der Waals surface area contributed by atoms with Crippen LogP contribution in [0.25, 0.3) is 0 Å². The fourth-order valence-electron chi connectivity index (χ4n) is 0.325. The second kappa shape index (κ2) is 2.80. The maximum atomic E-state index is 11.9. The van der Waals surface area contributed by atoms with Gasteiger partial charge in [-0.05, 0) is 13.8 Å². The lowest BCUT2D eigenvalue weighted by atomic mass is 10.2. The van der Waals surface area contributed by atoms with E-state index in [0.29, 0.717) is 0 Å². The number of allylic oxidation sites excluding steroid dienone is 2.